The molecule has 3 aromatic rings. The lowest BCUT2D eigenvalue weighted by Crippen LogP contribution is -2.41. The number of ether oxygens (including phenoxy) is 1. The Morgan fingerprint density at radius 3 is 2.42 bits per heavy atom. The molecule has 0 saturated carbocycles. The fourth-order valence-electron chi connectivity index (χ4n) is 3.83. The number of nitrogens with zero attached hydrogens (tertiary/aromatic N) is 3. The molecule has 1 N–H and O–H groups in total. The zero-order valence-corrected chi connectivity index (χ0v) is 18.0. The first-order valence-electron chi connectivity index (χ1n) is 10.8. The van der Waals surface area contributed by atoms with Gasteiger partial charge in [0.1, 0.15) is 5.75 Å². The molecule has 1 aliphatic heterocycles. The first-order valence-corrected chi connectivity index (χ1v) is 10.8. The van der Waals surface area contributed by atoms with Crippen molar-refractivity contribution in [3.63, 3.8) is 0 Å². The van der Waals surface area contributed by atoms with E-state index in [0.717, 1.165) is 43.1 Å². The molecule has 1 amide bonds. The van der Waals surface area contributed by atoms with E-state index in [1.54, 1.807) is 12.4 Å². The van der Waals surface area contributed by atoms with Crippen LogP contribution in [0.1, 0.15) is 36.9 Å². The summed E-state index contributed by atoms with van der Waals surface area (Å²) in [5.74, 6) is 2.05. The van der Waals surface area contributed by atoms with Gasteiger partial charge in [0.05, 0.1) is 6.04 Å². The van der Waals surface area contributed by atoms with Gasteiger partial charge in [0, 0.05) is 31.4 Å². The monoisotopic (exact) mass is 416 g/mol. The van der Waals surface area contributed by atoms with Gasteiger partial charge in [0.2, 0.25) is 5.91 Å². The zero-order chi connectivity index (χ0) is 21.6. The number of aryl methyl sites for hydroxylation is 1. The third-order valence-corrected chi connectivity index (χ3v) is 5.71. The molecule has 0 spiro atoms. The van der Waals surface area contributed by atoms with Crippen molar-refractivity contribution in [1.29, 1.82) is 0 Å². The molecule has 1 aromatic heterocycles. The predicted molar refractivity (Wildman–Crippen MR) is 121 cm³/mol. The fraction of sp³-hybridized carbons (Fsp3) is 0.320. The summed E-state index contributed by atoms with van der Waals surface area (Å²) in [7, 11) is 0. The van der Waals surface area contributed by atoms with Crippen LogP contribution >= 0.6 is 0 Å². The summed E-state index contributed by atoms with van der Waals surface area (Å²) in [5.41, 5.74) is 2.34. The molecule has 2 heterocycles. The standard InChI is InChI=1S/C25H28N4O2/c1-18-8-10-20(11-9-18)19(2)28-24(30)21-12-16-29(17-13-21)23-25(27-15-14-26-23)31-22-6-4-3-5-7-22/h3-11,14-15,19,21H,12-13,16-17H2,1-2H3,(H,28,30)/t19-/m1/s1. The van der Waals surface area contributed by atoms with Crippen LogP contribution in [-0.2, 0) is 4.79 Å². The van der Waals surface area contributed by atoms with Crippen LogP contribution in [0.5, 0.6) is 11.6 Å². The van der Waals surface area contributed by atoms with Gasteiger partial charge in [-0.15, -0.1) is 0 Å². The van der Waals surface area contributed by atoms with Crippen molar-refractivity contribution in [2.75, 3.05) is 18.0 Å². The molecule has 1 saturated heterocycles. The lowest BCUT2D eigenvalue weighted by molar-refractivity contribution is -0.126. The smallest absolute Gasteiger partial charge is 0.263 e. The number of rotatable bonds is 6. The molecule has 1 fully saturated rings. The minimum atomic E-state index is -0.00278. The fourth-order valence-corrected chi connectivity index (χ4v) is 3.83. The zero-order valence-electron chi connectivity index (χ0n) is 18.0. The van der Waals surface area contributed by atoms with Gasteiger partial charge in [-0.2, -0.15) is 0 Å². The minimum absolute atomic E-state index is 0.000638. The van der Waals surface area contributed by atoms with Gasteiger partial charge in [0.25, 0.3) is 5.88 Å². The van der Waals surface area contributed by atoms with E-state index in [1.807, 2.05) is 37.3 Å². The molecule has 31 heavy (non-hydrogen) atoms. The van der Waals surface area contributed by atoms with E-state index >= 15 is 0 Å². The molecule has 0 unspecified atom stereocenters. The molecule has 4 rings (SSSR count). The number of piperidine rings is 1. The van der Waals surface area contributed by atoms with Crippen LogP contribution < -0.4 is 15.0 Å². The van der Waals surface area contributed by atoms with Gasteiger partial charge in [0.15, 0.2) is 5.82 Å². The average molecular weight is 417 g/mol. The first kappa shape index (κ1) is 20.8. The quantitative estimate of drug-likeness (QED) is 0.632. The van der Waals surface area contributed by atoms with Crippen LogP contribution in [-0.4, -0.2) is 29.0 Å². The van der Waals surface area contributed by atoms with Crippen LogP contribution in [0.3, 0.4) is 0 Å². The van der Waals surface area contributed by atoms with Gasteiger partial charge < -0.3 is 15.0 Å². The largest absolute Gasteiger partial charge is 0.436 e. The summed E-state index contributed by atoms with van der Waals surface area (Å²) >= 11 is 0. The molecular weight excluding hydrogens is 388 g/mol. The Hall–Kier alpha value is -3.41. The molecule has 1 aliphatic rings. The van der Waals surface area contributed by atoms with E-state index in [-0.39, 0.29) is 17.9 Å². The topological polar surface area (TPSA) is 67.4 Å². The molecular formula is C25H28N4O2. The minimum Gasteiger partial charge on any atom is -0.436 e. The maximum absolute atomic E-state index is 12.8. The second-order valence-electron chi connectivity index (χ2n) is 8.00. The Bertz CT molecular complexity index is 1000. The summed E-state index contributed by atoms with van der Waals surface area (Å²) in [6.45, 7) is 5.57. The lowest BCUT2D eigenvalue weighted by atomic mass is 9.95. The summed E-state index contributed by atoms with van der Waals surface area (Å²) < 4.78 is 5.95. The molecule has 0 bridgehead atoms. The SMILES string of the molecule is Cc1ccc([C@@H](C)NC(=O)C2CCN(c3nccnc3Oc3ccccc3)CC2)cc1. The van der Waals surface area contributed by atoms with E-state index in [1.165, 1.54) is 5.56 Å². The van der Waals surface area contributed by atoms with Crippen molar-refractivity contribution in [2.45, 2.75) is 32.7 Å². The molecule has 1 atom stereocenters. The van der Waals surface area contributed by atoms with E-state index in [2.05, 4.69) is 51.4 Å². The van der Waals surface area contributed by atoms with Crippen LogP contribution in [0.15, 0.2) is 67.0 Å². The highest BCUT2D eigenvalue weighted by atomic mass is 16.5. The maximum Gasteiger partial charge on any atom is 0.263 e. The summed E-state index contributed by atoms with van der Waals surface area (Å²) in [4.78, 5) is 23.8. The third-order valence-electron chi connectivity index (χ3n) is 5.71. The van der Waals surface area contributed by atoms with E-state index < -0.39 is 0 Å². The summed E-state index contributed by atoms with van der Waals surface area (Å²) in [6, 6.07) is 17.9. The van der Waals surface area contributed by atoms with Gasteiger partial charge in [-0.05, 0) is 44.4 Å². The molecule has 160 valence electrons. The van der Waals surface area contributed by atoms with Gasteiger partial charge in [-0.25, -0.2) is 9.97 Å². The number of hydrogen-bond acceptors (Lipinski definition) is 5. The molecule has 0 aliphatic carbocycles. The van der Waals surface area contributed by atoms with Gasteiger partial charge in [-0.1, -0.05) is 48.0 Å². The van der Waals surface area contributed by atoms with Crippen molar-refractivity contribution in [3.8, 4) is 11.6 Å². The number of para-hydroxylation sites is 1. The summed E-state index contributed by atoms with van der Waals surface area (Å²) in [5, 5.41) is 3.17. The van der Waals surface area contributed by atoms with Crippen molar-refractivity contribution >= 4 is 11.7 Å². The lowest BCUT2D eigenvalue weighted by Gasteiger charge is -2.33. The number of benzene rings is 2. The van der Waals surface area contributed by atoms with Crippen molar-refractivity contribution < 1.29 is 9.53 Å². The molecule has 6 nitrogen and oxygen atoms in total. The Balaban J connectivity index is 1.35. The highest BCUT2D eigenvalue weighted by molar-refractivity contribution is 5.79. The van der Waals surface area contributed by atoms with Crippen LogP contribution in [0.25, 0.3) is 0 Å². The van der Waals surface area contributed by atoms with Crippen LogP contribution in [0.2, 0.25) is 0 Å². The summed E-state index contributed by atoms with van der Waals surface area (Å²) in [6.07, 6.45) is 4.85. The van der Waals surface area contributed by atoms with Crippen molar-refractivity contribution in [1.82, 2.24) is 15.3 Å². The van der Waals surface area contributed by atoms with Crippen molar-refractivity contribution in [2.24, 2.45) is 5.92 Å². The number of anilines is 1. The highest BCUT2D eigenvalue weighted by Crippen LogP contribution is 2.31. The van der Waals surface area contributed by atoms with E-state index in [4.69, 9.17) is 4.74 Å². The number of aromatic nitrogens is 2. The predicted octanol–water partition coefficient (Wildman–Crippen LogP) is 4.67. The Kier molecular flexibility index (Phi) is 6.46. The normalized spacial score (nSPS) is 15.4. The Labute approximate surface area is 183 Å². The van der Waals surface area contributed by atoms with Gasteiger partial charge >= 0.3 is 0 Å². The number of carbonyl (C=O) groups excluding carboxylic acids is 1. The molecule has 0 radical (unpaired) electrons. The third kappa shape index (κ3) is 5.20. The Morgan fingerprint density at radius 2 is 1.71 bits per heavy atom. The second-order valence-corrected chi connectivity index (χ2v) is 8.00. The van der Waals surface area contributed by atoms with Crippen LogP contribution in [0, 0.1) is 12.8 Å². The van der Waals surface area contributed by atoms with Gasteiger partial charge in [-0.3, -0.25) is 4.79 Å². The van der Waals surface area contributed by atoms with Crippen molar-refractivity contribution in [3.05, 3.63) is 78.1 Å². The second kappa shape index (κ2) is 9.60. The van der Waals surface area contributed by atoms with Crippen LogP contribution in [0.4, 0.5) is 5.82 Å². The number of hydrogen-bond donors (Lipinski definition) is 1. The molecule has 6 heteroatoms. The van der Waals surface area contributed by atoms with E-state index in [0.29, 0.717) is 5.88 Å². The first-order chi connectivity index (χ1) is 15.1. The molecule has 2 aromatic carbocycles. The number of nitrogens with one attached hydrogen (secondary N) is 1. The number of carbonyl (C=O) groups is 1. The van der Waals surface area contributed by atoms with E-state index in [9.17, 15) is 4.79 Å². The highest BCUT2D eigenvalue weighted by Gasteiger charge is 2.28. The maximum atomic E-state index is 12.8. The Morgan fingerprint density at radius 1 is 1.03 bits per heavy atom. The number of amides is 1. The average Bonchev–Trinajstić information content (AvgIpc) is 2.80.